The van der Waals surface area contributed by atoms with Crippen LogP contribution in [0.2, 0.25) is 5.15 Å². The molecule has 0 amide bonds. The maximum absolute atomic E-state index is 12.7. The van der Waals surface area contributed by atoms with Crippen molar-refractivity contribution in [2.75, 3.05) is 19.7 Å². The van der Waals surface area contributed by atoms with Crippen LogP contribution in [0.5, 0.6) is 0 Å². The van der Waals surface area contributed by atoms with Crippen LogP contribution >= 0.6 is 11.6 Å². The van der Waals surface area contributed by atoms with E-state index < -0.39 is 15.6 Å². The third-order valence-electron chi connectivity index (χ3n) is 3.87. The summed E-state index contributed by atoms with van der Waals surface area (Å²) in [6, 6.07) is 0. The Morgan fingerprint density at radius 1 is 1.38 bits per heavy atom. The fourth-order valence-corrected chi connectivity index (χ4v) is 4.77. The predicted molar refractivity (Wildman–Crippen MR) is 77.6 cm³/mol. The van der Waals surface area contributed by atoms with Gasteiger partial charge in [0.25, 0.3) is 0 Å². The monoisotopic (exact) mass is 337 g/mol. The van der Waals surface area contributed by atoms with E-state index in [1.807, 2.05) is 0 Å². The second-order valence-corrected chi connectivity index (χ2v) is 7.70. The molecule has 0 spiro atoms. The van der Waals surface area contributed by atoms with Gasteiger partial charge in [-0.05, 0) is 26.2 Å². The number of aromatic nitrogens is 2. The first-order valence-electron chi connectivity index (χ1n) is 6.74. The standard InChI is InChI=1S/C12H20ClN3O4S/c1-9-10(11(13)15(2)14-9)21(19,20)16-6-3-4-12(18,8-17)5-7-16/h17-18H,3-8H2,1-2H3/t12-/m0/s1. The number of rotatable bonds is 3. The van der Waals surface area contributed by atoms with Crippen LogP contribution in [0.4, 0.5) is 0 Å². The van der Waals surface area contributed by atoms with Crippen molar-refractivity contribution in [3.05, 3.63) is 10.8 Å². The number of sulfonamides is 1. The number of hydrogen-bond donors (Lipinski definition) is 2. The molecule has 7 nitrogen and oxygen atoms in total. The quantitative estimate of drug-likeness (QED) is 0.826. The van der Waals surface area contributed by atoms with E-state index in [1.54, 1.807) is 14.0 Å². The molecule has 0 aliphatic carbocycles. The van der Waals surface area contributed by atoms with Crippen LogP contribution in [-0.4, -0.2) is 58.0 Å². The summed E-state index contributed by atoms with van der Waals surface area (Å²) in [7, 11) is -2.17. The van der Waals surface area contributed by atoms with Crippen LogP contribution < -0.4 is 0 Å². The maximum Gasteiger partial charge on any atom is 0.248 e. The summed E-state index contributed by atoms with van der Waals surface area (Å²) in [6.07, 6.45) is 1.04. The van der Waals surface area contributed by atoms with Crippen molar-refractivity contribution in [2.24, 2.45) is 7.05 Å². The molecule has 9 heteroatoms. The van der Waals surface area contributed by atoms with E-state index in [1.165, 1.54) is 8.99 Å². The van der Waals surface area contributed by atoms with Crippen LogP contribution in [0.25, 0.3) is 0 Å². The van der Waals surface area contributed by atoms with Gasteiger partial charge in [-0.15, -0.1) is 0 Å². The molecular weight excluding hydrogens is 318 g/mol. The molecule has 1 saturated heterocycles. The molecule has 21 heavy (non-hydrogen) atoms. The van der Waals surface area contributed by atoms with E-state index in [0.717, 1.165) is 0 Å². The smallest absolute Gasteiger partial charge is 0.248 e. The average Bonchev–Trinajstić information content (AvgIpc) is 2.59. The molecule has 0 unspecified atom stereocenters. The summed E-state index contributed by atoms with van der Waals surface area (Å²) in [5, 5.41) is 23.4. The van der Waals surface area contributed by atoms with E-state index in [4.69, 9.17) is 11.6 Å². The van der Waals surface area contributed by atoms with Gasteiger partial charge >= 0.3 is 0 Å². The number of aryl methyl sites for hydroxylation is 2. The van der Waals surface area contributed by atoms with Gasteiger partial charge in [0, 0.05) is 20.1 Å². The van der Waals surface area contributed by atoms with Crippen molar-refractivity contribution < 1.29 is 18.6 Å². The Bertz CT molecular complexity index is 631. The van der Waals surface area contributed by atoms with Crippen LogP contribution in [0, 0.1) is 6.92 Å². The van der Waals surface area contributed by atoms with Gasteiger partial charge in [0.2, 0.25) is 10.0 Å². The van der Waals surface area contributed by atoms with Gasteiger partial charge in [-0.2, -0.15) is 9.40 Å². The largest absolute Gasteiger partial charge is 0.393 e. The highest BCUT2D eigenvalue weighted by atomic mass is 35.5. The maximum atomic E-state index is 12.7. The normalized spacial score (nSPS) is 25.0. The van der Waals surface area contributed by atoms with Crippen LogP contribution in [0.1, 0.15) is 25.0 Å². The molecule has 1 aromatic heterocycles. The van der Waals surface area contributed by atoms with Crippen LogP contribution in [0.15, 0.2) is 4.90 Å². The fourth-order valence-electron chi connectivity index (χ4n) is 2.59. The van der Waals surface area contributed by atoms with E-state index in [0.29, 0.717) is 18.5 Å². The molecule has 1 aromatic rings. The third kappa shape index (κ3) is 3.09. The molecule has 2 rings (SSSR count). The Kier molecular flexibility index (Phi) is 4.65. The van der Waals surface area contributed by atoms with E-state index in [9.17, 15) is 18.6 Å². The van der Waals surface area contributed by atoms with E-state index in [2.05, 4.69) is 5.10 Å². The number of aliphatic hydroxyl groups is 2. The molecule has 1 fully saturated rings. The molecule has 0 aromatic carbocycles. The Morgan fingerprint density at radius 3 is 2.57 bits per heavy atom. The Balaban J connectivity index is 2.32. The lowest BCUT2D eigenvalue weighted by atomic mass is 9.96. The van der Waals surface area contributed by atoms with Gasteiger partial charge in [-0.25, -0.2) is 8.42 Å². The summed E-state index contributed by atoms with van der Waals surface area (Å²) in [6.45, 7) is 1.66. The Labute approximate surface area is 129 Å². The molecule has 2 heterocycles. The number of aliphatic hydroxyl groups excluding tert-OH is 1. The van der Waals surface area contributed by atoms with Crippen LogP contribution in [-0.2, 0) is 17.1 Å². The van der Waals surface area contributed by atoms with Crippen LogP contribution in [0.3, 0.4) is 0 Å². The highest BCUT2D eigenvalue weighted by Gasteiger charge is 2.36. The first-order chi connectivity index (χ1) is 9.71. The summed E-state index contributed by atoms with van der Waals surface area (Å²) in [4.78, 5) is 0.0149. The lowest BCUT2D eigenvalue weighted by Gasteiger charge is -2.24. The van der Waals surface area contributed by atoms with E-state index in [-0.39, 0.29) is 36.2 Å². The van der Waals surface area contributed by atoms with Crippen molar-refractivity contribution in [2.45, 2.75) is 36.7 Å². The number of halogens is 1. The van der Waals surface area contributed by atoms with Crippen molar-refractivity contribution in [3.63, 3.8) is 0 Å². The molecule has 120 valence electrons. The zero-order valence-electron chi connectivity index (χ0n) is 12.1. The third-order valence-corrected chi connectivity index (χ3v) is 6.46. The van der Waals surface area contributed by atoms with E-state index >= 15 is 0 Å². The summed E-state index contributed by atoms with van der Waals surface area (Å²) >= 11 is 6.05. The molecule has 0 bridgehead atoms. The average molecular weight is 338 g/mol. The minimum Gasteiger partial charge on any atom is -0.393 e. The lowest BCUT2D eigenvalue weighted by molar-refractivity contribution is -0.0243. The highest BCUT2D eigenvalue weighted by molar-refractivity contribution is 7.89. The summed E-state index contributed by atoms with van der Waals surface area (Å²) in [5.74, 6) is 0. The Morgan fingerprint density at radius 2 is 2.05 bits per heavy atom. The molecule has 2 N–H and O–H groups in total. The fraction of sp³-hybridized carbons (Fsp3) is 0.750. The van der Waals surface area contributed by atoms with Gasteiger partial charge in [-0.3, -0.25) is 4.68 Å². The zero-order chi connectivity index (χ0) is 15.8. The van der Waals surface area contributed by atoms with Crippen molar-refractivity contribution in [1.82, 2.24) is 14.1 Å². The molecule has 1 aliphatic rings. The minimum atomic E-state index is -3.76. The van der Waals surface area contributed by atoms with Gasteiger partial charge in [0.15, 0.2) is 0 Å². The highest BCUT2D eigenvalue weighted by Crippen LogP contribution is 2.30. The van der Waals surface area contributed by atoms with Crippen molar-refractivity contribution >= 4 is 21.6 Å². The minimum absolute atomic E-state index is 0.0149. The first-order valence-corrected chi connectivity index (χ1v) is 8.55. The molecule has 0 radical (unpaired) electrons. The number of hydrogen-bond acceptors (Lipinski definition) is 5. The van der Waals surface area contributed by atoms with Crippen molar-refractivity contribution in [3.8, 4) is 0 Å². The zero-order valence-corrected chi connectivity index (χ0v) is 13.7. The van der Waals surface area contributed by atoms with Gasteiger partial charge in [-0.1, -0.05) is 11.6 Å². The van der Waals surface area contributed by atoms with Gasteiger partial charge < -0.3 is 10.2 Å². The molecule has 1 atom stereocenters. The van der Waals surface area contributed by atoms with Gasteiger partial charge in [0.1, 0.15) is 10.0 Å². The molecular formula is C12H20ClN3O4S. The second kappa shape index (κ2) is 5.85. The first kappa shape index (κ1) is 16.7. The van der Waals surface area contributed by atoms with Crippen molar-refractivity contribution in [1.29, 1.82) is 0 Å². The lowest BCUT2D eigenvalue weighted by Crippen LogP contribution is -2.36. The molecule has 1 aliphatic heterocycles. The Hall–Kier alpha value is -0.670. The second-order valence-electron chi connectivity index (χ2n) is 5.47. The van der Waals surface area contributed by atoms with Gasteiger partial charge in [0.05, 0.1) is 17.9 Å². The summed E-state index contributed by atoms with van der Waals surface area (Å²) < 4.78 is 28.1. The SMILES string of the molecule is Cc1nn(C)c(Cl)c1S(=O)(=O)N1CCC[C@@](O)(CO)CC1. The molecule has 0 saturated carbocycles. The summed E-state index contributed by atoms with van der Waals surface area (Å²) in [5.41, 5.74) is -0.859. The predicted octanol–water partition coefficient (Wildman–Crippen LogP) is 0.280. The number of nitrogens with zero attached hydrogens (tertiary/aromatic N) is 3. The topological polar surface area (TPSA) is 95.7 Å².